The van der Waals surface area contributed by atoms with E-state index in [1.807, 2.05) is 12.1 Å². The molecular weight excluding hydrogens is 470 g/mol. The van der Waals surface area contributed by atoms with Gasteiger partial charge in [-0.25, -0.2) is 9.59 Å². The molecule has 0 aromatic heterocycles. The minimum atomic E-state index is -1.12. The van der Waals surface area contributed by atoms with Crippen LogP contribution in [0.2, 0.25) is 0 Å². The third kappa shape index (κ3) is 9.98. The van der Waals surface area contributed by atoms with E-state index in [4.69, 9.17) is 9.84 Å². The number of carboxylic acids is 1. The van der Waals surface area contributed by atoms with Crippen LogP contribution in [-0.4, -0.2) is 47.1 Å². The Bertz CT molecular complexity index is 606. The fourth-order valence-electron chi connectivity index (χ4n) is 1.77. The summed E-state index contributed by atoms with van der Waals surface area (Å²) in [5, 5.41) is 11.4. The average Bonchev–Trinajstić information content (AvgIpc) is 2.53. The van der Waals surface area contributed by atoms with Gasteiger partial charge in [-0.05, 0) is 6.92 Å². The van der Waals surface area contributed by atoms with Gasteiger partial charge in [-0.1, -0.05) is 0 Å². The molecule has 6 nitrogen and oxygen atoms in total. The number of benzene rings is 1. The summed E-state index contributed by atoms with van der Waals surface area (Å²) in [6.07, 6.45) is 1.67. The van der Waals surface area contributed by atoms with Gasteiger partial charge < -0.3 is 15.2 Å². The van der Waals surface area contributed by atoms with E-state index >= 15 is 0 Å². The molecule has 0 fully saturated rings. The number of hydrogen-bond acceptors (Lipinski definition) is 5. The third-order valence-corrected chi connectivity index (χ3v) is 3.90. The summed E-state index contributed by atoms with van der Waals surface area (Å²) in [5.74, 6) is -1.57. The molecule has 0 radical (unpaired) electrons. The number of rotatable bonds is 9. The first kappa shape index (κ1) is 24.1. The summed E-state index contributed by atoms with van der Waals surface area (Å²) < 4.78 is 5.03. The van der Waals surface area contributed by atoms with E-state index in [2.05, 4.69) is 11.4 Å². The van der Waals surface area contributed by atoms with Gasteiger partial charge in [0.05, 0.1) is 6.61 Å². The van der Waals surface area contributed by atoms with Crippen LogP contribution in [0.5, 0.6) is 0 Å². The molecule has 1 aromatic rings. The van der Waals surface area contributed by atoms with E-state index in [0.717, 1.165) is 5.56 Å². The van der Waals surface area contributed by atoms with Crippen LogP contribution in [0.15, 0.2) is 29.8 Å². The Balaban J connectivity index is 0.00000576. The molecule has 0 saturated carbocycles. The zero-order chi connectivity index (χ0) is 17.9. The molecule has 1 aromatic carbocycles. The molecule has 2 N–H and O–H groups in total. The molecule has 0 aliphatic rings. The van der Waals surface area contributed by atoms with E-state index < -0.39 is 23.9 Å². The summed E-state index contributed by atoms with van der Waals surface area (Å²) in [7, 11) is 0. The number of carbonyl (C=O) groups excluding carboxylic acids is 2. The van der Waals surface area contributed by atoms with Gasteiger partial charge in [-0.3, -0.25) is 4.79 Å². The summed E-state index contributed by atoms with van der Waals surface area (Å²) >= 11 is 1.23. The van der Waals surface area contributed by atoms with Crippen molar-refractivity contribution in [1.29, 1.82) is 0 Å². The number of carboxylic acid groups (broad SMARTS) is 1. The van der Waals surface area contributed by atoms with Crippen molar-refractivity contribution in [3.63, 3.8) is 0 Å². The third-order valence-electron chi connectivity index (χ3n) is 2.82. The molecule has 1 amide bonds. The molecule has 25 heavy (non-hydrogen) atoms. The summed E-state index contributed by atoms with van der Waals surface area (Å²) in [6, 6.07) is 9.19. The molecule has 1 atom stereocenters. The number of hydrogen-bond donors (Lipinski definition) is 2. The minimum absolute atomic E-state index is 0. The topological polar surface area (TPSA) is 92.7 Å². The minimum Gasteiger partial charge on any atom is -0.480 e. The number of carbonyl (C=O) groups is 3. The number of aliphatic carboxylic acids is 1. The second-order valence-electron chi connectivity index (χ2n) is 4.81. The largest absolute Gasteiger partial charge is 0.480 e. The van der Waals surface area contributed by atoms with E-state index in [-0.39, 0.29) is 59.9 Å². The monoisotopic (exact) mass is 490 g/mol. The normalized spacial score (nSPS) is 11.8. The van der Waals surface area contributed by atoms with Gasteiger partial charge in [0.25, 0.3) is 0 Å². The van der Waals surface area contributed by atoms with E-state index in [1.165, 1.54) is 18.7 Å². The molecule has 0 aliphatic carbocycles. The fourth-order valence-corrected chi connectivity index (χ4v) is 2.78. The Morgan fingerprint density at radius 2 is 2.12 bits per heavy atom. The number of esters is 1. The second-order valence-corrected chi connectivity index (χ2v) is 5.84. The van der Waals surface area contributed by atoms with Gasteiger partial charge in [0.2, 0.25) is 5.91 Å². The van der Waals surface area contributed by atoms with Crippen molar-refractivity contribution in [1.82, 2.24) is 5.32 Å². The summed E-state index contributed by atoms with van der Waals surface area (Å²) in [5.41, 5.74) is 1.15. The van der Waals surface area contributed by atoms with Crippen LogP contribution in [0.3, 0.4) is 0 Å². The molecule has 0 aliphatic heterocycles. The zero-order valence-corrected chi connectivity index (χ0v) is 18.0. The first-order valence-corrected chi connectivity index (χ1v) is 8.51. The van der Waals surface area contributed by atoms with Crippen molar-refractivity contribution in [2.45, 2.75) is 19.9 Å². The van der Waals surface area contributed by atoms with Crippen molar-refractivity contribution >= 4 is 35.7 Å². The smallest absolute Gasteiger partial charge is 0.327 e. The molecule has 8 heteroatoms. The van der Waals surface area contributed by atoms with E-state index in [1.54, 1.807) is 25.1 Å². The molecule has 0 saturated heterocycles. The zero-order valence-electron chi connectivity index (χ0n) is 14.1. The maximum atomic E-state index is 12.0. The molecule has 134 valence electrons. The van der Waals surface area contributed by atoms with Gasteiger partial charge in [0.15, 0.2) is 0 Å². The first-order valence-electron chi connectivity index (χ1n) is 7.36. The molecule has 0 spiro atoms. The molecular formula is C17H20CeNO5S-. The predicted molar refractivity (Wildman–Crippen MR) is 92.5 cm³/mol. The van der Waals surface area contributed by atoms with Crippen molar-refractivity contribution in [2.75, 3.05) is 18.1 Å². The van der Waals surface area contributed by atoms with Crippen LogP contribution in [0.1, 0.15) is 19.4 Å². The number of nitrogens with one attached hydrogen (secondary N) is 1. The Morgan fingerprint density at radius 3 is 2.64 bits per heavy atom. The van der Waals surface area contributed by atoms with Crippen LogP contribution >= 0.6 is 11.8 Å². The Hall–Kier alpha value is -0.903. The fraction of sp³-hybridized carbons (Fsp3) is 0.353. The molecule has 0 heterocycles. The molecule has 0 bridgehead atoms. The van der Waals surface area contributed by atoms with E-state index in [0.29, 0.717) is 5.57 Å². The van der Waals surface area contributed by atoms with Crippen LogP contribution in [0.4, 0.5) is 0 Å². The van der Waals surface area contributed by atoms with Crippen LogP contribution in [0, 0.1) is 47.8 Å². The van der Waals surface area contributed by atoms with Crippen molar-refractivity contribution in [2.24, 2.45) is 0 Å². The predicted octanol–water partition coefficient (Wildman–Crippen LogP) is 1.76. The molecule has 1 unspecified atom stereocenters. The standard InChI is InChI=1S/C17H20NO5S.Ce/c1-3-23-17(22)14(9-13-7-5-4-6-8-13)10-24-11-15(16(20)21)18-12(2)19;/h4-7,9,15H,3,10-11H2,1-2H3,(H,18,19)(H,20,21);/q-1;/b14-9+;. The van der Waals surface area contributed by atoms with Crippen molar-refractivity contribution in [3.05, 3.63) is 41.5 Å². The first-order chi connectivity index (χ1) is 11.4. The summed E-state index contributed by atoms with van der Waals surface area (Å²) in [4.78, 5) is 34.1. The Kier molecular flexibility index (Phi) is 12.8. The van der Waals surface area contributed by atoms with Crippen LogP contribution in [-0.2, 0) is 19.1 Å². The quantitative estimate of drug-likeness (QED) is 0.311. The van der Waals surface area contributed by atoms with Gasteiger partial charge in [-0.15, -0.1) is 42.0 Å². The molecule has 1 rings (SSSR count). The Labute approximate surface area is 185 Å². The number of amides is 1. The Morgan fingerprint density at radius 1 is 1.40 bits per heavy atom. The number of thioether (sulfide) groups is 1. The summed E-state index contributed by atoms with van der Waals surface area (Å²) in [6.45, 7) is 3.23. The maximum Gasteiger partial charge on any atom is 0.327 e. The van der Waals surface area contributed by atoms with Crippen molar-refractivity contribution < 1.29 is 66.0 Å². The van der Waals surface area contributed by atoms with Gasteiger partial charge in [0.1, 0.15) is 6.04 Å². The van der Waals surface area contributed by atoms with Crippen LogP contribution in [0.25, 0.3) is 6.08 Å². The second kappa shape index (κ2) is 13.3. The van der Waals surface area contributed by atoms with Crippen LogP contribution < -0.4 is 5.32 Å². The SMILES string of the molecule is CCOC(=O)/C(=C/c1[c-]cccc1)CSCC(NC(C)=O)C(=O)O.[Ce]. The van der Waals surface area contributed by atoms with Gasteiger partial charge in [-0.2, -0.15) is 11.8 Å². The number of ether oxygens (including phenoxy) is 1. The van der Waals surface area contributed by atoms with Crippen molar-refractivity contribution in [3.8, 4) is 0 Å². The maximum absolute atomic E-state index is 12.0. The van der Waals surface area contributed by atoms with Gasteiger partial charge in [0, 0.05) is 65.7 Å². The average molecular weight is 491 g/mol. The van der Waals surface area contributed by atoms with Gasteiger partial charge >= 0.3 is 11.9 Å². The van der Waals surface area contributed by atoms with E-state index in [9.17, 15) is 14.4 Å².